The highest BCUT2D eigenvalue weighted by Crippen LogP contribution is 2.36. The summed E-state index contributed by atoms with van der Waals surface area (Å²) in [5, 5.41) is 3.72. The predicted molar refractivity (Wildman–Crippen MR) is 86.0 cm³/mol. The number of hydrogen-bond acceptors (Lipinski definition) is 2. The van der Waals surface area contributed by atoms with Crippen molar-refractivity contribution in [1.82, 2.24) is 10.2 Å². The normalized spacial score (nSPS) is 38.9. The van der Waals surface area contributed by atoms with E-state index >= 15 is 0 Å². The number of piperidine rings is 1. The highest BCUT2D eigenvalue weighted by atomic mass is 15.2. The second-order valence-corrected chi connectivity index (χ2v) is 7.43. The molecule has 4 atom stereocenters. The Labute approximate surface area is 125 Å². The summed E-state index contributed by atoms with van der Waals surface area (Å²) in [7, 11) is 0. The molecule has 1 N–H and O–H groups in total. The van der Waals surface area contributed by atoms with Crippen LogP contribution < -0.4 is 5.32 Å². The van der Waals surface area contributed by atoms with Gasteiger partial charge in [-0.1, -0.05) is 26.2 Å². The lowest BCUT2D eigenvalue weighted by Crippen LogP contribution is -2.47. The molecule has 20 heavy (non-hydrogen) atoms. The molecule has 0 amide bonds. The van der Waals surface area contributed by atoms with Crippen molar-refractivity contribution in [3.8, 4) is 0 Å². The number of likely N-dealkylation sites (tertiary alicyclic amines) is 1. The third kappa shape index (κ3) is 3.39. The van der Waals surface area contributed by atoms with Crippen LogP contribution in [0.2, 0.25) is 0 Å². The van der Waals surface area contributed by atoms with E-state index in [-0.39, 0.29) is 0 Å². The molecule has 1 saturated heterocycles. The van der Waals surface area contributed by atoms with Gasteiger partial charge in [0, 0.05) is 12.1 Å². The molecule has 0 radical (unpaired) electrons. The molecule has 0 aromatic rings. The van der Waals surface area contributed by atoms with Crippen LogP contribution in [0.5, 0.6) is 0 Å². The second kappa shape index (κ2) is 7.26. The Kier molecular flexibility index (Phi) is 5.39. The smallest absolute Gasteiger partial charge is 0.0123 e. The number of fused-ring (bicyclic) bond motifs is 1. The summed E-state index contributed by atoms with van der Waals surface area (Å²) in [6.07, 6.45) is 14.8. The SMILES string of the molecule is CCNC1CCCC1CCN1CCC[C@H]2CCCC[C@H]21. The highest BCUT2D eigenvalue weighted by molar-refractivity contribution is 4.89. The van der Waals surface area contributed by atoms with Gasteiger partial charge in [-0.05, 0) is 76.4 Å². The highest BCUT2D eigenvalue weighted by Gasteiger charge is 2.34. The van der Waals surface area contributed by atoms with Gasteiger partial charge in [0.2, 0.25) is 0 Å². The van der Waals surface area contributed by atoms with Gasteiger partial charge in [0.1, 0.15) is 0 Å². The number of rotatable bonds is 5. The Morgan fingerprint density at radius 3 is 2.70 bits per heavy atom. The molecule has 0 aromatic heterocycles. The Hall–Kier alpha value is -0.0800. The van der Waals surface area contributed by atoms with Crippen LogP contribution in [0, 0.1) is 11.8 Å². The van der Waals surface area contributed by atoms with Gasteiger partial charge in [0.25, 0.3) is 0 Å². The van der Waals surface area contributed by atoms with Gasteiger partial charge in [0.05, 0.1) is 0 Å². The first-order chi connectivity index (χ1) is 9.88. The lowest BCUT2D eigenvalue weighted by Gasteiger charge is -2.44. The molecule has 116 valence electrons. The summed E-state index contributed by atoms with van der Waals surface area (Å²) in [4.78, 5) is 2.88. The van der Waals surface area contributed by atoms with E-state index in [1.807, 2.05) is 0 Å². The molecule has 1 aliphatic heterocycles. The second-order valence-electron chi connectivity index (χ2n) is 7.43. The lowest BCUT2D eigenvalue weighted by atomic mass is 9.78. The molecule has 2 heteroatoms. The molecule has 3 aliphatic rings. The molecular weight excluding hydrogens is 244 g/mol. The molecule has 2 saturated carbocycles. The van der Waals surface area contributed by atoms with Crippen LogP contribution in [0.25, 0.3) is 0 Å². The average molecular weight is 278 g/mol. The molecule has 3 rings (SSSR count). The first-order valence-electron chi connectivity index (χ1n) is 9.36. The zero-order valence-electron chi connectivity index (χ0n) is 13.4. The maximum absolute atomic E-state index is 3.72. The molecule has 2 aliphatic carbocycles. The summed E-state index contributed by atoms with van der Waals surface area (Å²) in [5.41, 5.74) is 0. The molecule has 0 bridgehead atoms. The van der Waals surface area contributed by atoms with Crippen LogP contribution >= 0.6 is 0 Å². The molecule has 2 nitrogen and oxygen atoms in total. The fourth-order valence-corrected chi connectivity index (χ4v) is 5.25. The minimum atomic E-state index is 0.826. The van der Waals surface area contributed by atoms with Gasteiger partial charge in [-0.2, -0.15) is 0 Å². The quantitative estimate of drug-likeness (QED) is 0.822. The minimum Gasteiger partial charge on any atom is -0.314 e. The Balaban J connectivity index is 1.49. The maximum Gasteiger partial charge on any atom is 0.0123 e. The van der Waals surface area contributed by atoms with Gasteiger partial charge >= 0.3 is 0 Å². The topological polar surface area (TPSA) is 15.3 Å². The van der Waals surface area contributed by atoms with Gasteiger partial charge in [-0.3, -0.25) is 0 Å². The summed E-state index contributed by atoms with van der Waals surface area (Å²) in [6.45, 7) is 6.18. The molecule has 3 fully saturated rings. The van der Waals surface area contributed by atoms with Crippen molar-refractivity contribution in [2.24, 2.45) is 11.8 Å². The van der Waals surface area contributed by atoms with Crippen LogP contribution in [0.4, 0.5) is 0 Å². The third-order valence-corrected chi connectivity index (χ3v) is 6.27. The Bertz CT molecular complexity index is 289. The third-order valence-electron chi connectivity index (χ3n) is 6.27. The summed E-state index contributed by atoms with van der Waals surface area (Å²) in [5.74, 6) is 2.00. The molecule has 0 spiro atoms. The van der Waals surface area contributed by atoms with E-state index in [9.17, 15) is 0 Å². The van der Waals surface area contributed by atoms with Crippen LogP contribution in [0.1, 0.15) is 71.1 Å². The number of nitrogens with one attached hydrogen (secondary N) is 1. The van der Waals surface area contributed by atoms with Crippen molar-refractivity contribution < 1.29 is 0 Å². The summed E-state index contributed by atoms with van der Waals surface area (Å²) >= 11 is 0. The van der Waals surface area contributed by atoms with Crippen molar-refractivity contribution in [2.75, 3.05) is 19.6 Å². The van der Waals surface area contributed by atoms with E-state index in [0.29, 0.717) is 0 Å². The number of hydrogen-bond donors (Lipinski definition) is 1. The van der Waals surface area contributed by atoms with E-state index in [0.717, 1.165) is 30.5 Å². The van der Waals surface area contributed by atoms with E-state index in [2.05, 4.69) is 17.1 Å². The molecule has 0 aromatic carbocycles. The van der Waals surface area contributed by atoms with Gasteiger partial charge in [0.15, 0.2) is 0 Å². The van der Waals surface area contributed by atoms with Crippen molar-refractivity contribution in [3.05, 3.63) is 0 Å². The Morgan fingerprint density at radius 1 is 0.950 bits per heavy atom. The van der Waals surface area contributed by atoms with E-state index < -0.39 is 0 Å². The predicted octanol–water partition coefficient (Wildman–Crippen LogP) is 3.81. The van der Waals surface area contributed by atoms with Gasteiger partial charge in [-0.15, -0.1) is 0 Å². The lowest BCUT2D eigenvalue weighted by molar-refractivity contribution is 0.0555. The Morgan fingerprint density at radius 2 is 1.80 bits per heavy atom. The van der Waals surface area contributed by atoms with Crippen LogP contribution in [0.15, 0.2) is 0 Å². The van der Waals surface area contributed by atoms with Crippen LogP contribution in [-0.4, -0.2) is 36.6 Å². The van der Waals surface area contributed by atoms with Gasteiger partial charge < -0.3 is 10.2 Å². The fraction of sp³-hybridized carbons (Fsp3) is 1.00. The van der Waals surface area contributed by atoms with E-state index in [4.69, 9.17) is 0 Å². The first-order valence-corrected chi connectivity index (χ1v) is 9.36. The van der Waals surface area contributed by atoms with Crippen LogP contribution in [0.3, 0.4) is 0 Å². The standard InChI is InChI=1S/C18H34N2/c1-2-19-17-10-5-8-15(17)12-14-20-13-6-9-16-7-3-4-11-18(16)20/h15-19H,2-14H2,1H3/t15?,16-,17?,18-/m1/s1. The maximum atomic E-state index is 3.72. The monoisotopic (exact) mass is 278 g/mol. The van der Waals surface area contributed by atoms with E-state index in [1.165, 1.54) is 77.3 Å². The van der Waals surface area contributed by atoms with Crippen molar-refractivity contribution >= 4 is 0 Å². The molecule has 1 heterocycles. The molecular formula is C18H34N2. The zero-order valence-corrected chi connectivity index (χ0v) is 13.4. The fourth-order valence-electron chi connectivity index (χ4n) is 5.25. The summed E-state index contributed by atoms with van der Waals surface area (Å²) < 4.78 is 0. The van der Waals surface area contributed by atoms with Crippen LogP contribution in [-0.2, 0) is 0 Å². The zero-order chi connectivity index (χ0) is 13.8. The van der Waals surface area contributed by atoms with Gasteiger partial charge in [-0.25, -0.2) is 0 Å². The summed E-state index contributed by atoms with van der Waals surface area (Å²) in [6, 6.07) is 1.78. The average Bonchev–Trinajstić information content (AvgIpc) is 2.93. The minimum absolute atomic E-state index is 0.826. The first kappa shape index (κ1) is 14.8. The number of nitrogens with zero attached hydrogens (tertiary/aromatic N) is 1. The van der Waals surface area contributed by atoms with Crippen molar-refractivity contribution in [3.63, 3.8) is 0 Å². The largest absolute Gasteiger partial charge is 0.314 e. The molecule has 2 unspecified atom stereocenters. The van der Waals surface area contributed by atoms with Crippen molar-refractivity contribution in [1.29, 1.82) is 0 Å². The van der Waals surface area contributed by atoms with Crippen molar-refractivity contribution in [2.45, 2.75) is 83.2 Å². The van der Waals surface area contributed by atoms with E-state index in [1.54, 1.807) is 0 Å².